The first kappa shape index (κ1) is 8.49. The van der Waals surface area contributed by atoms with Gasteiger partial charge in [0.15, 0.2) is 0 Å². The second-order valence-electron chi connectivity index (χ2n) is 3.57. The number of hydrogen-bond donors (Lipinski definition) is 0. The fraction of sp³-hybridized carbons (Fsp3) is 0.333. The first-order valence-corrected chi connectivity index (χ1v) is 4.79. The summed E-state index contributed by atoms with van der Waals surface area (Å²) in [6.45, 7) is 0. The van der Waals surface area contributed by atoms with E-state index in [1.165, 1.54) is 6.42 Å². The molecule has 1 aliphatic rings. The van der Waals surface area contributed by atoms with Crippen LogP contribution in [0.4, 0.5) is 4.39 Å². The van der Waals surface area contributed by atoms with Crippen LogP contribution in [0.15, 0.2) is 36.4 Å². The summed E-state index contributed by atoms with van der Waals surface area (Å²) in [5, 5.41) is 0. The SMILES string of the molecule is F/C(=C/C1CCC1)c1ccccc1. The van der Waals surface area contributed by atoms with Crippen LogP contribution in [0.2, 0.25) is 0 Å². The molecule has 1 aromatic rings. The third-order valence-electron chi connectivity index (χ3n) is 2.58. The van der Waals surface area contributed by atoms with Crippen LogP contribution in [-0.4, -0.2) is 0 Å². The van der Waals surface area contributed by atoms with Gasteiger partial charge in [-0.05, 0) is 24.8 Å². The lowest BCUT2D eigenvalue weighted by Crippen LogP contribution is -2.07. The van der Waals surface area contributed by atoms with Crippen LogP contribution in [0.3, 0.4) is 0 Å². The van der Waals surface area contributed by atoms with Crippen molar-refractivity contribution in [2.45, 2.75) is 19.3 Å². The predicted molar refractivity (Wildman–Crippen MR) is 52.9 cm³/mol. The quantitative estimate of drug-likeness (QED) is 0.643. The lowest BCUT2D eigenvalue weighted by atomic mass is 9.85. The Morgan fingerprint density at radius 1 is 1.23 bits per heavy atom. The summed E-state index contributed by atoms with van der Waals surface area (Å²) in [6.07, 6.45) is 5.32. The summed E-state index contributed by atoms with van der Waals surface area (Å²) in [7, 11) is 0. The molecule has 0 aromatic heterocycles. The molecule has 0 nitrogen and oxygen atoms in total. The minimum absolute atomic E-state index is 0.0645. The van der Waals surface area contributed by atoms with Crippen molar-refractivity contribution in [3.63, 3.8) is 0 Å². The second kappa shape index (κ2) is 3.73. The Bertz CT molecular complexity index is 296. The van der Waals surface area contributed by atoms with Crippen molar-refractivity contribution in [2.24, 2.45) is 5.92 Å². The topological polar surface area (TPSA) is 0 Å². The van der Waals surface area contributed by atoms with Crippen LogP contribution in [0, 0.1) is 5.92 Å². The van der Waals surface area contributed by atoms with Crippen molar-refractivity contribution < 1.29 is 4.39 Å². The van der Waals surface area contributed by atoms with Crippen LogP contribution in [0.5, 0.6) is 0 Å². The van der Waals surface area contributed by atoms with E-state index in [0.717, 1.165) is 12.8 Å². The maximum atomic E-state index is 13.5. The van der Waals surface area contributed by atoms with E-state index in [-0.39, 0.29) is 5.83 Å². The van der Waals surface area contributed by atoms with E-state index in [2.05, 4.69) is 0 Å². The highest BCUT2D eigenvalue weighted by Gasteiger charge is 2.15. The smallest absolute Gasteiger partial charge is 0.126 e. The molecule has 13 heavy (non-hydrogen) atoms. The molecule has 1 heteroatoms. The van der Waals surface area contributed by atoms with Crippen molar-refractivity contribution in [1.29, 1.82) is 0 Å². The number of hydrogen-bond acceptors (Lipinski definition) is 0. The number of halogens is 1. The van der Waals surface area contributed by atoms with E-state index in [4.69, 9.17) is 0 Å². The highest BCUT2D eigenvalue weighted by Crippen LogP contribution is 2.30. The monoisotopic (exact) mass is 176 g/mol. The molecule has 0 heterocycles. The van der Waals surface area contributed by atoms with Crippen molar-refractivity contribution >= 4 is 5.83 Å². The van der Waals surface area contributed by atoms with E-state index >= 15 is 0 Å². The highest BCUT2D eigenvalue weighted by atomic mass is 19.1. The normalized spacial score (nSPS) is 18.4. The van der Waals surface area contributed by atoms with Gasteiger partial charge in [0.25, 0.3) is 0 Å². The van der Waals surface area contributed by atoms with E-state index < -0.39 is 0 Å². The van der Waals surface area contributed by atoms with Gasteiger partial charge in [-0.1, -0.05) is 36.8 Å². The second-order valence-corrected chi connectivity index (χ2v) is 3.57. The molecule has 1 saturated carbocycles. The average Bonchev–Trinajstić information content (AvgIpc) is 2.12. The Morgan fingerprint density at radius 2 is 1.92 bits per heavy atom. The van der Waals surface area contributed by atoms with E-state index in [1.54, 1.807) is 6.08 Å². The number of allylic oxidation sites excluding steroid dienone is 1. The molecular weight excluding hydrogens is 163 g/mol. The molecule has 2 rings (SSSR count). The molecule has 0 N–H and O–H groups in total. The van der Waals surface area contributed by atoms with E-state index in [0.29, 0.717) is 11.5 Å². The molecule has 0 saturated heterocycles. The summed E-state index contributed by atoms with van der Waals surface area (Å²) in [5.74, 6) is 0.422. The summed E-state index contributed by atoms with van der Waals surface area (Å²) in [6, 6.07) is 9.25. The van der Waals surface area contributed by atoms with E-state index in [9.17, 15) is 4.39 Å². The maximum absolute atomic E-state index is 13.5. The van der Waals surface area contributed by atoms with Gasteiger partial charge in [0.05, 0.1) is 0 Å². The lowest BCUT2D eigenvalue weighted by Gasteiger charge is -2.21. The Hall–Kier alpha value is -1.11. The highest BCUT2D eigenvalue weighted by molar-refractivity contribution is 5.58. The lowest BCUT2D eigenvalue weighted by molar-refractivity contribution is 0.386. The number of rotatable bonds is 2. The molecular formula is C12H13F. The standard InChI is InChI=1S/C12H13F/c13-12(9-10-5-4-6-10)11-7-2-1-3-8-11/h1-3,7-10H,4-6H2/b12-9+. The summed E-state index contributed by atoms with van der Waals surface area (Å²) < 4.78 is 13.5. The maximum Gasteiger partial charge on any atom is 0.126 e. The predicted octanol–water partition coefficient (Wildman–Crippen LogP) is 3.80. The van der Waals surface area contributed by atoms with Crippen molar-refractivity contribution in [3.05, 3.63) is 42.0 Å². The van der Waals surface area contributed by atoms with Crippen LogP contribution < -0.4 is 0 Å². The van der Waals surface area contributed by atoms with Gasteiger partial charge in [0.2, 0.25) is 0 Å². The van der Waals surface area contributed by atoms with Gasteiger partial charge < -0.3 is 0 Å². The molecule has 0 spiro atoms. The molecule has 0 amide bonds. The molecule has 0 atom stereocenters. The van der Waals surface area contributed by atoms with Gasteiger partial charge in [-0.3, -0.25) is 0 Å². The number of benzene rings is 1. The fourth-order valence-electron chi connectivity index (χ4n) is 1.51. The van der Waals surface area contributed by atoms with Crippen molar-refractivity contribution in [3.8, 4) is 0 Å². The van der Waals surface area contributed by atoms with Crippen molar-refractivity contribution in [2.75, 3.05) is 0 Å². The summed E-state index contributed by atoms with van der Waals surface area (Å²) in [5.41, 5.74) is 0.703. The largest absolute Gasteiger partial charge is 0.207 e. The Balaban J connectivity index is 2.11. The van der Waals surface area contributed by atoms with Crippen molar-refractivity contribution in [1.82, 2.24) is 0 Å². The minimum Gasteiger partial charge on any atom is -0.207 e. The molecule has 1 aromatic carbocycles. The van der Waals surface area contributed by atoms with Gasteiger partial charge in [0.1, 0.15) is 5.83 Å². The molecule has 0 bridgehead atoms. The van der Waals surface area contributed by atoms with Gasteiger partial charge in [-0.15, -0.1) is 0 Å². The van der Waals surface area contributed by atoms with Crippen LogP contribution in [-0.2, 0) is 0 Å². The minimum atomic E-state index is -0.0645. The molecule has 0 unspecified atom stereocenters. The first-order chi connectivity index (χ1) is 6.36. The van der Waals surface area contributed by atoms with Gasteiger partial charge in [-0.2, -0.15) is 0 Å². The van der Waals surface area contributed by atoms with Gasteiger partial charge in [0, 0.05) is 5.56 Å². The van der Waals surface area contributed by atoms with Gasteiger partial charge >= 0.3 is 0 Å². The van der Waals surface area contributed by atoms with Crippen LogP contribution in [0.1, 0.15) is 24.8 Å². The zero-order valence-electron chi connectivity index (χ0n) is 7.54. The summed E-state index contributed by atoms with van der Waals surface area (Å²) >= 11 is 0. The fourth-order valence-corrected chi connectivity index (χ4v) is 1.51. The third kappa shape index (κ3) is 1.97. The third-order valence-corrected chi connectivity index (χ3v) is 2.58. The Morgan fingerprint density at radius 3 is 2.46 bits per heavy atom. The van der Waals surface area contributed by atoms with Gasteiger partial charge in [-0.25, -0.2) is 4.39 Å². The molecule has 1 aliphatic carbocycles. The Kier molecular flexibility index (Phi) is 2.44. The molecule has 0 radical (unpaired) electrons. The molecule has 0 aliphatic heterocycles. The molecule has 68 valence electrons. The zero-order valence-corrected chi connectivity index (χ0v) is 7.54. The summed E-state index contributed by atoms with van der Waals surface area (Å²) in [4.78, 5) is 0. The average molecular weight is 176 g/mol. The first-order valence-electron chi connectivity index (χ1n) is 4.79. The van der Waals surface area contributed by atoms with Crippen LogP contribution in [0.25, 0.3) is 5.83 Å². The zero-order chi connectivity index (χ0) is 9.10. The Labute approximate surface area is 78.1 Å². The van der Waals surface area contributed by atoms with Crippen LogP contribution >= 0.6 is 0 Å². The molecule has 1 fully saturated rings. The van der Waals surface area contributed by atoms with E-state index in [1.807, 2.05) is 30.3 Å².